The summed E-state index contributed by atoms with van der Waals surface area (Å²) in [4.78, 5) is 12.0. The number of anilines is 1. The summed E-state index contributed by atoms with van der Waals surface area (Å²) >= 11 is 0. The van der Waals surface area contributed by atoms with E-state index in [1.54, 1.807) is 22.9 Å². The molecule has 0 saturated heterocycles. The van der Waals surface area contributed by atoms with E-state index in [0.717, 1.165) is 5.69 Å². The minimum atomic E-state index is -0.248. The summed E-state index contributed by atoms with van der Waals surface area (Å²) in [6.45, 7) is 0.357. The lowest BCUT2D eigenvalue weighted by atomic mass is 10.1. The molecule has 1 aromatic heterocycles. The summed E-state index contributed by atoms with van der Waals surface area (Å²) in [5, 5.41) is 6.95. The molecule has 0 saturated carbocycles. The van der Waals surface area contributed by atoms with Gasteiger partial charge in [0.05, 0.1) is 30.6 Å². The van der Waals surface area contributed by atoms with E-state index in [0.29, 0.717) is 23.5 Å². The third-order valence-electron chi connectivity index (χ3n) is 2.73. The van der Waals surface area contributed by atoms with Crippen molar-refractivity contribution in [3.63, 3.8) is 0 Å². The molecule has 3 N–H and O–H groups in total. The maximum atomic E-state index is 12.0. The standard InChI is InChI=1S/C13H16N4O2/c1-17-7-6-9(16-17)8-15-13(18)10-4-3-5-11(19-2)12(10)14/h3-7H,8,14H2,1-2H3,(H,15,18). The fourth-order valence-corrected chi connectivity index (χ4v) is 1.74. The number of aromatic nitrogens is 2. The molecule has 100 valence electrons. The number of hydrogen-bond acceptors (Lipinski definition) is 4. The quantitative estimate of drug-likeness (QED) is 0.801. The fraction of sp³-hybridized carbons (Fsp3) is 0.231. The molecule has 1 amide bonds. The zero-order valence-corrected chi connectivity index (χ0v) is 10.9. The van der Waals surface area contributed by atoms with Gasteiger partial charge in [-0.2, -0.15) is 5.10 Å². The highest BCUT2D eigenvalue weighted by molar-refractivity contribution is 6.00. The number of carbonyl (C=O) groups excluding carboxylic acids is 1. The molecule has 19 heavy (non-hydrogen) atoms. The first-order chi connectivity index (χ1) is 9.11. The van der Waals surface area contributed by atoms with Gasteiger partial charge in [-0.3, -0.25) is 9.48 Å². The van der Waals surface area contributed by atoms with Gasteiger partial charge in [0.15, 0.2) is 0 Å². The number of methoxy groups -OCH3 is 1. The van der Waals surface area contributed by atoms with Crippen molar-refractivity contribution in [3.8, 4) is 5.75 Å². The van der Waals surface area contributed by atoms with Crippen LogP contribution in [-0.2, 0) is 13.6 Å². The van der Waals surface area contributed by atoms with Gasteiger partial charge in [0.25, 0.3) is 5.91 Å². The van der Waals surface area contributed by atoms with Gasteiger partial charge in [-0.05, 0) is 18.2 Å². The Morgan fingerprint density at radius 3 is 2.89 bits per heavy atom. The number of aryl methyl sites for hydroxylation is 1. The molecule has 0 unspecified atom stereocenters. The minimum Gasteiger partial charge on any atom is -0.495 e. The second kappa shape index (κ2) is 5.43. The van der Waals surface area contributed by atoms with Gasteiger partial charge in [0, 0.05) is 13.2 Å². The predicted octanol–water partition coefficient (Wildman–Crippen LogP) is 0.941. The van der Waals surface area contributed by atoms with Crippen molar-refractivity contribution in [3.05, 3.63) is 41.7 Å². The van der Waals surface area contributed by atoms with Gasteiger partial charge in [-0.1, -0.05) is 6.07 Å². The van der Waals surface area contributed by atoms with E-state index in [-0.39, 0.29) is 5.91 Å². The maximum absolute atomic E-state index is 12.0. The van der Waals surface area contributed by atoms with Crippen LogP contribution in [0.25, 0.3) is 0 Å². The number of hydrogen-bond donors (Lipinski definition) is 2. The Bertz CT molecular complexity index is 592. The van der Waals surface area contributed by atoms with Gasteiger partial charge in [0.2, 0.25) is 0 Å². The van der Waals surface area contributed by atoms with Crippen molar-refractivity contribution in [1.29, 1.82) is 0 Å². The van der Waals surface area contributed by atoms with Crippen LogP contribution in [-0.4, -0.2) is 22.8 Å². The van der Waals surface area contributed by atoms with E-state index < -0.39 is 0 Å². The van der Waals surface area contributed by atoms with E-state index in [2.05, 4.69) is 10.4 Å². The lowest BCUT2D eigenvalue weighted by Crippen LogP contribution is -2.24. The molecule has 6 heteroatoms. The predicted molar refractivity (Wildman–Crippen MR) is 71.8 cm³/mol. The Morgan fingerprint density at radius 1 is 1.47 bits per heavy atom. The third kappa shape index (κ3) is 2.85. The molecule has 1 aromatic carbocycles. The van der Waals surface area contributed by atoms with Gasteiger partial charge >= 0.3 is 0 Å². The van der Waals surface area contributed by atoms with Crippen molar-refractivity contribution < 1.29 is 9.53 Å². The van der Waals surface area contributed by atoms with Gasteiger partial charge in [-0.15, -0.1) is 0 Å². The summed E-state index contributed by atoms with van der Waals surface area (Å²) in [6.07, 6.45) is 1.82. The third-order valence-corrected chi connectivity index (χ3v) is 2.73. The summed E-state index contributed by atoms with van der Waals surface area (Å²) in [7, 11) is 3.34. The number of carbonyl (C=O) groups is 1. The smallest absolute Gasteiger partial charge is 0.253 e. The van der Waals surface area contributed by atoms with E-state index in [1.807, 2.05) is 19.3 Å². The Morgan fingerprint density at radius 2 is 2.26 bits per heavy atom. The summed E-state index contributed by atoms with van der Waals surface area (Å²) in [6, 6.07) is 6.94. The number of amides is 1. The zero-order chi connectivity index (χ0) is 13.8. The summed E-state index contributed by atoms with van der Waals surface area (Å²) < 4.78 is 6.76. The highest BCUT2D eigenvalue weighted by atomic mass is 16.5. The number of benzene rings is 1. The molecule has 2 rings (SSSR count). The van der Waals surface area contributed by atoms with E-state index in [4.69, 9.17) is 10.5 Å². The number of nitrogens with zero attached hydrogens (tertiary/aromatic N) is 2. The van der Waals surface area contributed by atoms with Crippen LogP contribution in [0.3, 0.4) is 0 Å². The Hall–Kier alpha value is -2.50. The summed E-state index contributed by atoms with van der Waals surface area (Å²) in [5.41, 5.74) is 7.39. The Balaban J connectivity index is 2.08. The molecule has 0 aliphatic heterocycles. The minimum absolute atomic E-state index is 0.248. The van der Waals surface area contributed by atoms with Gasteiger partial charge in [0.1, 0.15) is 5.75 Å². The van der Waals surface area contributed by atoms with Crippen molar-refractivity contribution in [2.24, 2.45) is 7.05 Å². The highest BCUT2D eigenvalue weighted by Gasteiger charge is 2.12. The fourth-order valence-electron chi connectivity index (χ4n) is 1.74. The largest absolute Gasteiger partial charge is 0.495 e. The second-order valence-electron chi connectivity index (χ2n) is 4.08. The first-order valence-electron chi connectivity index (χ1n) is 5.81. The number of rotatable bonds is 4. The number of nitrogens with two attached hydrogens (primary N) is 1. The van der Waals surface area contributed by atoms with Crippen LogP contribution in [0.5, 0.6) is 5.75 Å². The molecule has 0 spiro atoms. The Kier molecular flexibility index (Phi) is 3.70. The maximum Gasteiger partial charge on any atom is 0.253 e. The zero-order valence-electron chi connectivity index (χ0n) is 10.9. The van der Waals surface area contributed by atoms with Crippen LogP contribution in [0.2, 0.25) is 0 Å². The number of nitrogen functional groups attached to an aromatic ring is 1. The van der Waals surface area contributed by atoms with E-state index in [1.165, 1.54) is 7.11 Å². The average Bonchev–Trinajstić information content (AvgIpc) is 2.82. The molecule has 0 aliphatic carbocycles. The van der Waals surface area contributed by atoms with Crippen molar-refractivity contribution in [2.75, 3.05) is 12.8 Å². The van der Waals surface area contributed by atoms with E-state index >= 15 is 0 Å². The number of ether oxygens (including phenoxy) is 1. The molecule has 2 aromatic rings. The lowest BCUT2D eigenvalue weighted by molar-refractivity contribution is 0.0951. The molecule has 0 aliphatic rings. The lowest BCUT2D eigenvalue weighted by Gasteiger charge is -2.09. The monoisotopic (exact) mass is 260 g/mol. The topological polar surface area (TPSA) is 82.2 Å². The van der Waals surface area contributed by atoms with Gasteiger partial charge < -0.3 is 15.8 Å². The molecule has 1 heterocycles. The van der Waals surface area contributed by atoms with Crippen molar-refractivity contribution in [2.45, 2.75) is 6.54 Å². The van der Waals surface area contributed by atoms with Crippen LogP contribution in [0.1, 0.15) is 16.1 Å². The van der Waals surface area contributed by atoms with Crippen LogP contribution in [0, 0.1) is 0 Å². The van der Waals surface area contributed by atoms with Crippen LogP contribution in [0.4, 0.5) is 5.69 Å². The van der Waals surface area contributed by atoms with E-state index in [9.17, 15) is 4.79 Å². The molecule has 0 radical (unpaired) electrons. The summed E-state index contributed by atoms with van der Waals surface area (Å²) in [5.74, 6) is 0.243. The van der Waals surface area contributed by atoms with Crippen LogP contribution in [0.15, 0.2) is 30.5 Å². The highest BCUT2D eigenvalue weighted by Crippen LogP contribution is 2.24. The SMILES string of the molecule is COc1cccc(C(=O)NCc2ccn(C)n2)c1N. The second-order valence-corrected chi connectivity index (χ2v) is 4.08. The Labute approximate surface area is 111 Å². The molecule has 0 bridgehead atoms. The molecular weight excluding hydrogens is 244 g/mol. The first-order valence-corrected chi connectivity index (χ1v) is 5.81. The van der Waals surface area contributed by atoms with Gasteiger partial charge in [-0.25, -0.2) is 0 Å². The number of para-hydroxylation sites is 1. The normalized spacial score (nSPS) is 10.2. The molecule has 0 atom stereocenters. The molecular formula is C13H16N4O2. The van der Waals surface area contributed by atoms with Crippen LogP contribution < -0.4 is 15.8 Å². The molecule has 0 fully saturated rings. The van der Waals surface area contributed by atoms with Crippen LogP contribution >= 0.6 is 0 Å². The van der Waals surface area contributed by atoms with Crippen molar-refractivity contribution >= 4 is 11.6 Å². The first kappa shape index (κ1) is 12.9. The molecule has 6 nitrogen and oxygen atoms in total. The average molecular weight is 260 g/mol. The number of nitrogens with one attached hydrogen (secondary N) is 1. The van der Waals surface area contributed by atoms with Crippen molar-refractivity contribution in [1.82, 2.24) is 15.1 Å².